The maximum absolute atomic E-state index is 11.8. The molecule has 3 N–H and O–H groups in total. The van der Waals surface area contributed by atoms with E-state index in [-0.39, 0.29) is 18.4 Å². The summed E-state index contributed by atoms with van der Waals surface area (Å²) in [5.74, 6) is -0.313. The number of anilines is 1. The number of ether oxygens (including phenoxy) is 1. The molecule has 0 aliphatic carbocycles. The monoisotopic (exact) mass is 291 g/mol. The van der Waals surface area contributed by atoms with Crippen LogP contribution in [0.25, 0.3) is 0 Å². The Balaban J connectivity index is 2.44. The molecule has 0 spiro atoms. The van der Waals surface area contributed by atoms with Crippen molar-refractivity contribution >= 4 is 17.5 Å². The second-order valence-electron chi connectivity index (χ2n) is 4.29. The van der Waals surface area contributed by atoms with Crippen LogP contribution in [0.1, 0.15) is 10.4 Å². The molecule has 1 rings (SSSR count). The molecule has 1 aromatic carbocycles. The van der Waals surface area contributed by atoms with Crippen LogP contribution in [0.4, 0.5) is 5.69 Å². The molecule has 21 heavy (non-hydrogen) atoms. The van der Waals surface area contributed by atoms with Crippen molar-refractivity contribution in [3.05, 3.63) is 42.5 Å². The van der Waals surface area contributed by atoms with E-state index in [1.807, 2.05) is 0 Å². The maximum Gasteiger partial charge on any atom is 0.251 e. The lowest BCUT2D eigenvalue weighted by Crippen LogP contribution is -2.28. The van der Waals surface area contributed by atoms with Crippen LogP contribution in [-0.4, -0.2) is 45.2 Å². The van der Waals surface area contributed by atoms with Crippen molar-refractivity contribution in [3.63, 3.8) is 0 Å². The summed E-state index contributed by atoms with van der Waals surface area (Å²) in [6.45, 7) is 5.28. The number of nitrogens with one attached hydrogen (secondary N) is 3. The predicted molar refractivity (Wildman–Crippen MR) is 82.3 cm³/mol. The van der Waals surface area contributed by atoms with Crippen LogP contribution in [0.15, 0.2) is 36.9 Å². The van der Waals surface area contributed by atoms with Crippen LogP contribution in [0.3, 0.4) is 0 Å². The van der Waals surface area contributed by atoms with Gasteiger partial charge >= 0.3 is 0 Å². The quantitative estimate of drug-likeness (QED) is 0.464. The second kappa shape index (κ2) is 9.68. The van der Waals surface area contributed by atoms with Gasteiger partial charge in [0.2, 0.25) is 5.91 Å². The lowest BCUT2D eigenvalue weighted by molar-refractivity contribution is -0.115. The predicted octanol–water partition coefficient (Wildman–Crippen LogP) is 0.777. The number of carbonyl (C=O) groups is 2. The molecule has 0 unspecified atom stereocenters. The Morgan fingerprint density at radius 1 is 1.29 bits per heavy atom. The summed E-state index contributed by atoms with van der Waals surface area (Å²) in [6.07, 6.45) is 1.68. The number of carbonyl (C=O) groups excluding carboxylic acids is 2. The molecular formula is C15H21N3O3. The van der Waals surface area contributed by atoms with E-state index in [4.69, 9.17) is 4.74 Å². The Kier molecular flexibility index (Phi) is 7.78. The molecule has 0 aliphatic rings. The summed E-state index contributed by atoms with van der Waals surface area (Å²) in [5, 5.41) is 8.36. The SMILES string of the molecule is C=CCNCC(=O)Nc1ccc(C(=O)NCCOC)cc1. The van der Waals surface area contributed by atoms with Gasteiger partial charge in [-0.25, -0.2) is 0 Å². The van der Waals surface area contributed by atoms with Crippen molar-refractivity contribution in [2.45, 2.75) is 0 Å². The van der Waals surface area contributed by atoms with E-state index in [1.54, 1.807) is 37.5 Å². The van der Waals surface area contributed by atoms with Gasteiger partial charge in [0.1, 0.15) is 0 Å². The number of hydrogen-bond acceptors (Lipinski definition) is 4. The van der Waals surface area contributed by atoms with Crippen molar-refractivity contribution in [1.29, 1.82) is 0 Å². The minimum absolute atomic E-state index is 0.144. The highest BCUT2D eigenvalue weighted by molar-refractivity contribution is 5.96. The number of amides is 2. The van der Waals surface area contributed by atoms with Crippen LogP contribution in [0, 0.1) is 0 Å². The first kappa shape index (κ1) is 16.9. The smallest absolute Gasteiger partial charge is 0.251 e. The Morgan fingerprint density at radius 2 is 2.00 bits per heavy atom. The van der Waals surface area contributed by atoms with Gasteiger partial charge in [0, 0.05) is 31.5 Å². The minimum atomic E-state index is -0.169. The number of benzene rings is 1. The van der Waals surface area contributed by atoms with Crippen LogP contribution in [-0.2, 0) is 9.53 Å². The summed E-state index contributed by atoms with van der Waals surface area (Å²) >= 11 is 0. The average Bonchev–Trinajstić information content (AvgIpc) is 2.48. The van der Waals surface area contributed by atoms with Gasteiger partial charge in [0.15, 0.2) is 0 Å². The van der Waals surface area contributed by atoms with E-state index in [1.165, 1.54) is 0 Å². The van der Waals surface area contributed by atoms with Crippen LogP contribution < -0.4 is 16.0 Å². The molecule has 0 radical (unpaired) electrons. The zero-order valence-electron chi connectivity index (χ0n) is 12.1. The lowest BCUT2D eigenvalue weighted by atomic mass is 10.2. The number of hydrogen-bond donors (Lipinski definition) is 3. The van der Waals surface area contributed by atoms with E-state index in [9.17, 15) is 9.59 Å². The fourth-order valence-electron chi connectivity index (χ4n) is 1.57. The molecule has 6 nitrogen and oxygen atoms in total. The van der Waals surface area contributed by atoms with Crippen molar-refractivity contribution in [1.82, 2.24) is 10.6 Å². The Morgan fingerprint density at radius 3 is 2.62 bits per heavy atom. The summed E-state index contributed by atoms with van der Waals surface area (Å²) < 4.78 is 4.86. The summed E-state index contributed by atoms with van der Waals surface area (Å²) in [4.78, 5) is 23.3. The average molecular weight is 291 g/mol. The molecule has 114 valence electrons. The summed E-state index contributed by atoms with van der Waals surface area (Å²) in [7, 11) is 1.58. The van der Waals surface area contributed by atoms with Gasteiger partial charge in [-0.05, 0) is 24.3 Å². The third kappa shape index (κ3) is 6.69. The molecule has 1 aromatic rings. The Bertz CT molecular complexity index is 472. The molecule has 0 heterocycles. The highest BCUT2D eigenvalue weighted by Crippen LogP contribution is 2.09. The van der Waals surface area contributed by atoms with Crippen molar-refractivity contribution in [2.75, 3.05) is 38.7 Å². The van der Waals surface area contributed by atoms with Gasteiger partial charge in [0.05, 0.1) is 13.2 Å². The zero-order chi connectivity index (χ0) is 15.5. The third-order valence-corrected chi connectivity index (χ3v) is 2.60. The highest BCUT2D eigenvalue weighted by Gasteiger charge is 2.05. The molecule has 0 aromatic heterocycles. The Hall–Kier alpha value is -2.18. The van der Waals surface area contributed by atoms with Crippen molar-refractivity contribution in [3.8, 4) is 0 Å². The standard InChI is InChI=1S/C15H21N3O3/c1-3-8-16-11-14(19)18-13-6-4-12(5-7-13)15(20)17-9-10-21-2/h3-7,16H,1,8-11H2,2H3,(H,17,20)(H,18,19). The summed E-state index contributed by atoms with van der Waals surface area (Å²) in [5.41, 5.74) is 1.18. The molecule has 0 saturated heterocycles. The lowest BCUT2D eigenvalue weighted by Gasteiger charge is -2.07. The van der Waals surface area contributed by atoms with E-state index >= 15 is 0 Å². The van der Waals surface area contributed by atoms with E-state index in [2.05, 4.69) is 22.5 Å². The van der Waals surface area contributed by atoms with Gasteiger partial charge in [-0.3, -0.25) is 9.59 Å². The molecule has 6 heteroatoms. The molecule has 2 amide bonds. The molecule has 0 atom stereocenters. The van der Waals surface area contributed by atoms with E-state index in [0.29, 0.717) is 30.9 Å². The van der Waals surface area contributed by atoms with E-state index < -0.39 is 0 Å². The number of rotatable bonds is 9. The third-order valence-electron chi connectivity index (χ3n) is 2.60. The normalized spacial score (nSPS) is 9.95. The van der Waals surface area contributed by atoms with Crippen LogP contribution in [0.2, 0.25) is 0 Å². The van der Waals surface area contributed by atoms with Crippen LogP contribution in [0.5, 0.6) is 0 Å². The molecule has 0 aliphatic heterocycles. The first-order chi connectivity index (χ1) is 10.2. The number of methoxy groups -OCH3 is 1. The molecule has 0 saturated carbocycles. The fourth-order valence-corrected chi connectivity index (χ4v) is 1.57. The second-order valence-corrected chi connectivity index (χ2v) is 4.29. The van der Waals surface area contributed by atoms with Gasteiger partial charge in [-0.1, -0.05) is 6.08 Å². The maximum atomic E-state index is 11.8. The minimum Gasteiger partial charge on any atom is -0.383 e. The van der Waals surface area contributed by atoms with Gasteiger partial charge < -0.3 is 20.7 Å². The first-order valence-electron chi connectivity index (χ1n) is 6.66. The molecular weight excluding hydrogens is 270 g/mol. The topological polar surface area (TPSA) is 79.5 Å². The van der Waals surface area contributed by atoms with Gasteiger partial charge in [-0.2, -0.15) is 0 Å². The zero-order valence-corrected chi connectivity index (χ0v) is 12.1. The highest BCUT2D eigenvalue weighted by atomic mass is 16.5. The molecule has 0 fully saturated rings. The van der Waals surface area contributed by atoms with Crippen LogP contribution >= 0.6 is 0 Å². The largest absolute Gasteiger partial charge is 0.383 e. The molecule has 0 bridgehead atoms. The van der Waals surface area contributed by atoms with Gasteiger partial charge in [0.25, 0.3) is 5.91 Å². The summed E-state index contributed by atoms with van der Waals surface area (Å²) in [6, 6.07) is 6.71. The van der Waals surface area contributed by atoms with Crippen molar-refractivity contribution in [2.24, 2.45) is 0 Å². The first-order valence-corrected chi connectivity index (χ1v) is 6.66. The van der Waals surface area contributed by atoms with Crippen molar-refractivity contribution < 1.29 is 14.3 Å². The van der Waals surface area contributed by atoms with Gasteiger partial charge in [-0.15, -0.1) is 6.58 Å². The Labute approximate surface area is 124 Å². The fraction of sp³-hybridized carbons (Fsp3) is 0.333. The van der Waals surface area contributed by atoms with E-state index in [0.717, 1.165) is 0 Å².